The molecule has 0 radical (unpaired) electrons. The van der Waals surface area contributed by atoms with Crippen LogP contribution in [0.2, 0.25) is 0 Å². The molecule has 0 amide bonds. The Hall–Kier alpha value is -2.34. The van der Waals surface area contributed by atoms with Crippen LogP contribution in [0, 0.1) is 55.4 Å². The highest BCUT2D eigenvalue weighted by atomic mass is 14.3. The monoisotopic (exact) mass is 370 g/mol. The van der Waals surface area contributed by atoms with E-state index in [0.29, 0.717) is 0 Å². The second-order valence-electron chi connectivity index (χ2n) is 8.33. The maximum absolute atomic E-state index is 2.33. The van der Waals surface area contributed by atoms with Gasteiger partial charge < -0.3 is 0 Å². The fraction of sp³-hybridized carbons (Fsp3) is 0.357. The second-order valence-corrected chi connectivity index (χ2v) is 8.33. The number of benzene rings is 3. The van der Waals surface area contributed by atoms with Gasteiger partial charge in [0.15, 0.2) is 0 Å². The molecule has 0 spiro atoms. The molecule has 0 heterocycles. The van der Waals surface area contributed by atoms with Crippen LogP contribution >= 0.6 is 0 Å². The summed E-state index contributed by atoms with van der Waals surface area (Å²) in [4.78, 5) is 0. The number of allylic oxidation sites excluding steroid dienone is 2. The molecule has 0 aromatic heterocycles. The summed E-state index contributed by atoms with van der Waals surface area (Å²) in [6, 6.07) is 0. The van der Waals surface area contributed by atoms with E-state index in [2.05, 4.69) is 93.5 Å². The SMILES string of the molecule is C/C=C/c1c2c(C)c(C)c(C)c(C)c2c(/C=C/C)c2c(C)c(C)c(C)c(C)c12. The van der Waals surface area contributed by atoms with Gasteiger partial charge in [0.05, 0.1) is 0 Å². The number of aryl methyl sites for hydroxylation is 4. The zero-order valence-electron chi connectivity index (χ0n) is 19.3. The molecule has 0 unspecified atom stereocenters. The lowest BCUT2D eigenvalue weighted by Crippen LogP contribution is -2.03. The average molecular weight is 371 g/mol. The summed E-state index contributed by atoms with van der Waals surface area (Å²) in [5.41, 5.74) is 14.1. The first-order chi connectivity index (χ1) is 13.2. The molecule has 0 fully saturated rings. The van der Waals surface area contributed by atoms with E-state index < -0.39 is 0 Å². The van der Waals surface area contributed by atoms with E-state index in [1.165, 1.54) is 77.2 Å². The van der Waals surface area contributed by atoms with Crippen molar-refractivity contribution in [3.05, 3.63) is 67.8 Å². The van der Waals surface area contributed by atoms with Crippen LogP contribution in [0.3, 0.4) is 0 Å². The Morgan fingerprint density at radius 3 is 0.750 bits per heavy atom. The van der Waals surface area contributed by atoms with Gasteiger partial charge in [0, 0.05) is 0 Å². The Morgan fingerprint density at radius 1 is 0.357 bits per heavy atom. The van der Waals surface area contributed by atoms with E-state index in [4.69, 9.17) is 0 Å². The fourth-order valence-electron chi connectivity index (χ4n) is 4.89. The van der Waals surface area contributed by atoms with Crippen molar-refractivity contribution in [2.75, 3.05) is 0 Å². The van der Waals surface area contributed by atoms with Crippen molar-refractivity contribution in [1.82, 2.24) is 0 Å². The van der Waals surface area contributed by atoms with E-state index in [9.17, 15) is 0 Å². The molecule has 0 saturated carbocycles. The van der Waals surface area contributed by atoms with E-state index in [1.807, 2.05) is 0 Å². The van der Waals surface area contributed by atoms with Crippen molar-refractivity contribution in [3.63, 3.8) is 0 Å². The molecule has 0 aliphatic rings. The summed E-state index contributed by atoms with van der Waals surface area (Å²) < 4.78 is 0. The summed E-state index contributed by atoms with van der Waals surface area (Å²) in [5, 5.41) is 5.69. The van der Waals surface area contributed by atoms with Crippen LogP contribution in [0.4, 0.5) is 0 Å². The van der Waals surface area contributed by atoms with Crippen LogP contribution in [-0.2, 0) is 0 Å². The molecule has 0 heteroatoms. The minimum absolute atomic E-state index is 1.38. The van der Waals surface area contributed by atoms with Gasteiger partial charge in [-0.25, -0.2) is 0 Å². The van der Waals surface area contributed by atoms with Gasteiger partial charge in [-0.15, -0.1) is 0 Å². The van der Waals surface area contributed by atoms with Gasteiger partial charge in [-0.3, -0.25) is 0 Å². The molecule has 146 valence electrons. The molecular weight excluding hydrogens is 336 g/mol. The average Bonchev–Trinajstić information content (AvgIpc) is 2.67. The summed E-state index contributed by atoms with van der Waals surface area (Å²) in [5.74, 6) is 0. The van der Waals surface area contributed by atoms with Crippen LogP contribution in [0.15, 0.2) is 12.2 Å². The molecule has 0 N–H and O–H groups in total. The number of rotatable bonds is 2. The Bertz CT molecular complexity index is 1010. The van der Waals surface area contributed by atoms with E-state index >= 15 is 0 Å². The molecule has 3 rings (SSSR count). The first-order valence-corrected chi connectivity index (χ1v) is 10.4. The van der Waals surface area contributed by atoms with Crippen molar-refractivity contribution >= 4 is 33.7 Å². The highest BCUT2D eigenvalue weighted by molar-refractivity contribution is 6.17. The van der Waals surface area contributed by atoms with Crippen LogP contribution in [0.5, 0.6) is 0 Å². The molecule has 0 aliphatic heterocycles. The zero-order valence-corrected chi connectivity index (χ0v) is 19.3. The third-order valence-electron chi connectivity index (χ3n) is 7.12. The fourth-order valence-corrected chi connectivity index (χ4v) is 4.89. The van der Waals surface area contributed by atoms with Crippen LogP contribution < -0.4 is 0 Å². The summed E-state index contributed by atoms with van der Waals surface area (Å²) in [6.45, 7) is 22.5. The predicted molar refractivity (Wildman–Crippen MR) is 129 cm³/mol. The lowest BCUT2D eigenvalue weighted by atomic mass is 9.79. The predicted octanol–water partition coefficient (Wildman–Crippen LogP) is 8.53. The first kappa shape index (κ1) is 20.4. The lowest BCUT2D eigenvalue weighted by Gasteiger charge is -2.24. The summed E-state index contributed by atoms with van der Waals surface area (Å²) in [6.07, 6.45) is 9.04. The van der Waals surface area contributed by atoms with Crippen molar-refractivity contribution < 1.29 is 0 Å². The summed E-state index contributed by atoms with van der Waals surface area (Å²) >= 11 is 0. The standard InChI is InChI=1S/C28H34/c1-11-13-23-25-19(7)15(3)17(5)21(9)27(25)24(14-12-2)28-22(10)18(6)16(4)20(8)26(23)28/h11-14H,1-10H3/b13-11+,14-12+. The normalized spacial score (nSPS) is 12.4. The van der Waals surface area contributed by atoms with Crippen molar-refractivity contribution in [2.24, 2.45) is 0 Å². The first-order valence-electron chi connectivity index (χ1n) is 10.4. The smallest absolute Gasteiger partial charge is 0.00642 e. The quantitative estimate of drug-likeness (QED) is 0.396. The van der Waals surface area contributed by atoms with E-state index in [-0.39, 0.29) is 0 Å². The third-order valence-corrected chi connectivity index (χ3v) is 7.12. The van der Waals surface area contributed by atoms with Gasteiger partial charge in [-0.2, -0.15) is 0 Å². The maximum Gasteiger partial charge on any atom is -0.00642 e. The Morgan fingerprint density at radius 2 is 0.571 bits per heavy atom. The molecule has 0 aliphatic carbocycles. The molecule has 3 aromatic rings. The van der Waals surface area contributed by atoms with Crippen molar-refractivity contribution in [1.29, 1.82) is 0 Å². The van der Waals surface area contributed by atoms with Gasteiger partial charge in [-0.1, -0.05) is 24.3 Å². The Balaban J connectivity index is 2.92. The number of fused-ring (bicyclic) bond motifs is 2. The van der Waals surface area contributed by atoms with Crippen LogP contribution in [0.1, 0.15) is 69.5 Å². The van der Waals surface area contributed by atoms with Gasteiger partial charge in [0.2, 0.25) is 0 Å². The topological polar surface area (TPSA) is 0 Å². The molecular formula is C28H34. The Kier molecular flexibility index (Phi) is 5.28. The van der Waals surface area contributed by atoms with Crippen LogP contribution in [-0.4, -0.2) is 0 Å². The Labute approximate surface area is 171 Å². The molecule has 0 bridgehead atoms. The maximum atomic E-state index is 2.33. The minimum atomic E-state index is 1.38. The van der Waals surface area contributed by atoms with Gasteiger partial charge >= 0.3 is 0 Å². The minimum Gasteiger partial charge on any atom is -0.0870 e. The van der Waals surface area contributed by atoms with Crippen LogP contribution in [0.25, 0.3) is 33.7 Å². The molecule has 0 atom stereocenters. The lowest BCUT2D eigenvalue weighted by molar-refractivity contribution is 1.24. The number of hydrogen-bond donors (Lipinski definition) is 0. The highest BCUT2D eigenvalue weighted by Crippen LogP contribution is 2.44. The third kappa shape index (κ3) is 2.65. The second kappa shape index (κ2) is 7.24. The van der Waals surface area contributed by atoms with Gasteiger partial charge in [0.25, 0.3) is 0 Å². The molecule has 0 saturated heterocycles. The molecule has 3 aromatic carbocycles. The van der Waals surface area contributed by atoms with E-state index in [1.54, 1.807) is 0 Å². The van der Waals surface area contributed by atoms with Crippen molar-refractivity contribution in [3.8, 4) is 0 Å². The molecule has 0 nitrogen and oxygen atoms in total. The van der Waals surface area contributed by atoms with Gasteiger partial charge in [0.1, 0.15) is 0 Å². The summed E-state index contributed by atoms with van der Waals surface area (Å²) in [7, 11) is 0. The van der Waals surface area contributed by atoms with Crippen molar-refractivity contribution in [2.45, 2.75) is 69.2 Å². The zero-order chi connectivity index (χ0) is 20.9. The highest BCUT2D eigenvalue weighted by Gasteiger charge is 2.21. The van der Waals surface area contributed by atoms with Gasteiger partial charge in [-0.05, 0) is 146 Å². The molecule has 28 heavy (non-hydrogen) atoms. The number of hydrogen-bond acceptors (Lipinski definition) is 0. The largest absolute Gasteiger partial charge is 0.0870 e. The van der Waals surface area contributed by atoms with E-state index in [0.717, 1.165) is 0 Å².